The second kappa shape index (κ2) is 7.18. The van der Waals surface area contributed by atoms with E-state index in [2.05, 4.69) is 20.8 Å². The Hall–Kier alpha value is 0.0569. The molecule has 0 aromatic carbocycles. The molecule has 1 aliphatic rings. The van der Waals surface area contributed by atoms with Gasteiger partial charge in [0.2, 0.25) is 0 Å². The van der Waals surface area contributed by atoms with Crippen LogP contribution < -0.4 is 0 Å². The Morgan fingerprint density at radius 2 is 1.42 bits per heavy atom. The van der Waals surface area contributed by atoms with E-state index in [1.54, 1.807) is 0 Å². The highest BCUT2D eigenvalue weighted by Gasteiger charge is 2.50. The Bertz CT molecular complexity index is 253. The molecule has 0 aromatic heterocycles. The smallest absolute Gasteiger partial charge is 0.351 e. The SMILES string of the molecule is CCO[Si](OCC)(OCC)O[C@@H]1CC(C)(C)C[C@@H]1C. The van der Waals surface area contributed by atoms with Crippen LogP contribution in [0.1, 0.15) is 54.4 Å². The van der Waals surface area contributed by atoms with Crippen molar-refractivity contribution in [1.29, 1.82) is 0 Å². The van der Waals surface area contributed by atoms with Crippen molar-refractivity contribution >= 4 is 9.05 Å². The van der Waals surface area contributed by atoms with Gasteiger partial charge < -0.3 is 17.7 Å². The van der Waals surface area contributed by atoms with Gasteiger partial charge >= 0.3 is 9.05 Å². The molecule has 1 rings (SSSR count). The van der Waals surface area contributed by atoms with Crippen molar-refractivity contribution in [3.63, 3.8) is 0 Å². The average Bonchev–Trinajstić information content (AvgIpc) is 2.52. The van der Waals surface area contributed by atoms with E-state index in [1.807, 2.05) is 20.8 Å². The van der Waals surface area contributed by atoms with Gasteiger partial charge in [0, 0.05) is 19.8 Å². The van der Waals surface area contributed by atoms with Gasteiger partial charge in [-0.3, -0.25) is 0 Å². The lowest BCUT2D eigenvalue weighted by atomic mass is 9.91. The molecule has 1 aliphatic carbocycles. The lowest BCUT2D eigenvalue weighted by Gasteiger charge is -2.31. The highest BCUT2D eigenvalue weighted by molar-refractivity contribution is 6.53. The van der Waals surface area contributed by atoms with Crippen LogP contribution in [0.5, 0.6) is 0 Å². The molecule has 0 heterocycles. The molecular weight excluding hydrogens is 260 g/mol. The number of rotatable bonds is 8. The van der Waals surface area contributed by atoms with E-state index in [9.17, 15) is 0 Å². The standard InChI is InChI=1S/C14H30O4Si/c1-7-15-19(16-8-2,17-9-3)18-13-11-14(5,6)10-12(13)4/h12-13H,7-11H2,1-6H3/t12-,13+/m0/s1. The quantitative estimate of drug-likeness (QED) is 0.642. The zero-order chi connectivity index (χ0) is 14.5. The van der Waals surface area contributed by atoms with Gasteiger partial charge in [-0.1, -0.05) is 20.8 Å². The van der Waals surface area contributed by atoms with Crippen molar-refractivity contribution in [2.45, 2.75) is 60.5 Å². The predicted molar refractivity (Wildman–Crippen MR) is 77.7 cm³/mol. The lowest BCUT2D eigenvalue weighted by Crippen LogP contribution is -2.52. The molecule has 4 nitrogen and oxygen atoms in total. The molecule has 0 radical (unpaired) electrons. The summed E-state index contributed by atoms with van der Waals surface area (Å²) in [5.74, 6) is 0.517. The first kappa shape index (κ1) is 17.1. The van der Waals surface area contributed by atoms with E-state index in [-0.39, 0.29) is 6.10 Å². The summed E-state index contributed by atoms with van der Waals surface area (Å²) >= 11 is 0. The summed E-state index contributed by atoms with van der Waals surface area (Å²) in [4.78, 5) is 0. The summed E-state index contributed by atoms with van der Waals surface area (Å²) < 4.78 is 23.5. The maximum Gasteiger partial charge on any atom is 0.679 e. The van der Waals surface area contributed by atoms with Crippen molar-refractivity contribution in [2.75, 3.05) is 19.8 Å². The van der Waals surface area contributed by atoms with Crippen LogP contribution >= 0.6 is 0 Å². The summed E-state index contributed by atoms with van der Waals surface area (Å²) in [6.07, 6.45) is 2.38. The summed E-state index contributed by atoms with van der Waals surface area (Å²) in [5, 5.41) is 0. The maximum atomic E-state index is 6.24. The van der Waals surface area contributed by atoms with Crippen molar-refractivity contribution in [2.24, 2.45) is 11.3 Å². The van der Waals surface area contributed by atoms with Crippen molar-refractivity contribution < 1.29 is 17.7 Å². The maximum absolute atomic E-state index is 6.24. The fourth-order valence-corrected chi connectivity index (χ4v) is 5.13. The minimum absolute atomic E-state index is 0.173. The zero-order valence-electron chi connectivity index (χ0n) is 13.3. The molecule has 1 fully saturated rings. The normalized spacial score (nSPS) is 26.8. The molecule has 0 aromatic rings. The molecule has 5 heteroatoms. The van der Waals surface area contributed by atoms with Crippen LogP contribution in [-0.2, 0) is 17.7 Å². The molecule has 2 atom stereocenters. The lowest BCUT2D eigenvalue weighted by molar-refractivity contribution is -0.0575. The Balaban J connectivity index is 2.75. The van der Waals surface area contributed by atoms with Gasteiger partial charge in [-0.15, -0.1) is 0 Å². The Morgan fingerprint density at radius 1 is 0.947 bits per heavy atom. The minimum atomic E-state index is -2.96. The van der Waals surface area contributed by atoms with E-state index in [1.165, 1.54) is 6.42 Å². The molecular formula is C14H30O4Si. The second-order valence-electron chi connectivity index (χ2n) is 6.01. The second-order valence-corrected chi connectivity index (χ2v) is 8.11. The van der Waals surface area contributed by atoms with Crippen LogP contribution in [0.2, 0.25) is 0 Å². The average molecular weight is 290 g/mol. The summed E-state index contributed by atoms with van der Waals surface area (Å²) in [5.41, 5.74) is 0.328. The van der Waals surface area contributed by atoms with Crippen molar-refractivity contribution in [3.05, 3.63) is 0 Å². The molecule has 0 unspecified atom stereocenters. The van der Waals surface area contributed by atoms with E-state index in [4.69, 9.17) is 17.7 Å². The third-order valence-corrected chi connectivity index (χ3v) is 6.04. The van der Waals surface area contributed by atoms with Crippen LogP contribution in [0, 0.1) is 11.3 Å². The highest BCUT2D eigenvalue weighted by atomic mass is 28.4. The third-order valence-electron chi connectivity index (χ3n) is 3.52. The molecule has 114 valence electrons. The Labute approximate surface area is 119 Å². The van der Waals surface area contributed by atoms with Gasteiger partial charge in [0.05, 0.1) is 6.10 Å². The fraction of sp³-hybridized carbons (Fsp3) is 1.00. The molecule has 0 amide bonds. The monoisotopic (exact) mass is 290 g/mol. The molecule has 1 saturated carbocycles. The van der Waals surface area contributed by atoms with E-state index < -0.39 is 9.05 Å². The predicted octanol–water partition coefficient (Wildman–Crippen LogP) is 3.37. The van der Waals surface area contributed by atoms with Crippen LogP contribution in [0.25, 0.3) is 0 Å². The molecule has 0 aliphatic heterocycles. The Morgan fingerprint density at radius 3 is 1.74 bits per heavy atom. The van der Waals surface area contributed by atoms with Crippen LogP contribution in [0.3, 0.4) is 0 Å². The first-order valence-electron chi connectivity index (χ1n) is 7.47. The van der Waals surface area contributed by atoms with E-state index >= 15 is 0 Å². The Kier molecular flexibility index (Phi) is 6.46. The van der Waals surface area contributed by atoms with Crippen LogP contribution in [0.15, 0.2) is 0 Å². The molecule has 19 heavy (non-hydrogen) atoms. The van der Waals surface area contributed by atoms with Gasteiger partial charge in [-0.05, 0) is 44.9 Å². The van der Waals surface area contributed by atoms with Gasteiger partial charge in [-0.25, -0.2) is 0 Å². The van der Waals surface area contributed by atoms with Gasteiger partial charge in [0.15, 0.2) is 0 Å². The molecule has 0 bridgehead atoms. The summed E-state index contributed by atoms with van der Waals surface area (Å²) in [6.45, 7) is 14.3. The van der Waals surface area contributed by atoms with E-state index in [0.717, 1.165) is 6.42 Å². The number of hydrogen-bond acceptors (Lipinski definition) is 4. The highest BCUT2D eigenvalue weighted by Crippen LogP contribution is 2.43. The van der Waals surface area contributed by atoms with Gasteiger partial charge in [0.25, 0.3) is 0 Å². The topological polar surface area (TPSA) is 36.9 Å². The summed E-state index contributed by atoms with van der Waals surface area (Å²) in [7, 11) is -2.96. The molecule has 0 N–H and O–H groups in total. The van der Waals surface area contributed by atoms with Crippen LogP contribution in [0.4, 0.5) is 0 Å². The number of hydrogen-bond donors (Lipinski definition) is 0. The first-order chi connectivity index (χ1) is 8.88. The van der Waals surface area contributed by atoms with E-state index in [0.29, 0.717) is 31.2 Å². The fourth-order valence-electron chi connectivity index (χ4n) is 2.93. The first-order valence-corrected chi connectivity index (χ1v) is 9.11. The molecule has 0 spiro atoms. The minimum Gasteiger partial charge on any atom is -0.351 e. The van der Waals surface area contributed by atoms with Crippen molar-refractivity contribution in [1.82, 2.24) is 0 Å². The van der Waals surface area contributed by atoms with Gasteiger partial charge in [-0.2, -0.15) is 0 Å². The van der Waals surface area contributed by atoms with Gasteiger partial charge in [0.1, 0.15) is 0 Å². The van der Waals surface area contributed by atoms with Crippen molar-refractivity contribution in [3.8, 4) is 0 Å². The molecule has 0 saturated heterocycles. The van der Waals surface area contributed by atoms with Crippen LogP contribution in [-0.4, -0.2) is 35.0 Å². The third kappa shape index (κ3) is 4.83. The zero-order valence-corrected chi connectivity index (χ0v) is 14.3. The largest absolute Gasteiger partial charge is 0.679 e. The summed E-state index contributed by atoms with van der Waals surface area (Å²) in [6, 6.07) is 0.